The van der Waals surface area contributed by atoms with Crippen molar-refractivity contribution in [1.29, 1.82) is 0 Å². The Kier molecular flexibility index (Phi) is 5.12. The first-order valence-corrected chi connectivity index (χ1v) is 7.02. The molecule has 106 valence electrons. The van der Waals surface area contributed by atoms with Crippen molar-refractivity contribution in [2.75, 3.05) is 0 Å². The molecule has 0 spiro atoms. The van der Waals surface area contributed by atoms with Gasteiger partial charge in [-0.15, -0.1) is 0 Å². The van der Waals surface area contributed by atoms with E-state index in [0.717, 1.165) is 17.5 Å². The van der Waals surface area contributed by atoms with Crippen LogP contribution in [0.15, 0.2) is 42.5 Å². The summed E-state index contributed by atoms with van der Waals surface area (Å²) >= 11 is 6.01. The Hall–Kier alpha value is -1.42. The average molecular weight is 293 g/mol. The standard InChI is InChI=1S/C16H18ClFN2/c1-2-11-6-3-4-8-13(11)15(20-19)10-12-7-5-9-14(18)16(12)17/h3-9,15,20H,2,10,19H2,1H3. The van der Waals surface area contributed by atoms with Gasteiger partial charge in [-0.1, -0.05) is 54.9 Å². The Balaban J connectivity index is 2.31. The number of hydrogen-bond donors (Lipinski definition) is 2. The van der Waals surface area contributed by atoms with Crippen LogP contribution in [0.1, 0.15) is 29.7 Å². The summed E-state index contributed by atoms with van der Waals surface area (Å²) < 4.78 is 13.5. The third-order valence-electron chi connectivity index (χ3n) is 3.47. The van der Waals surface area contributed by atoms with Gasteiger partial charge in [0.15, 0.2) is 0 Å². The Labute approximate surface area is 123 Å². The number of hydrogen-bond acceptors (Lipinski definition) is 2. The van der Waals surface area contributed by atoms with E-state index in [2.05, 4.69) is 18.4 Å². The number of hydrazine groups is 1. The zero-order valence-corrected chi connectivity index (χ0v) is 12.1. The number of aryl methyl sites for hydroxylation is 1. The number of benzene rings is 2. The van der Waals surface area contributed by atoms with Gasteiger partial charge in [0, 0.05) is 0 Å². The van der Waals surface area contributed by atoms with Crippen LogP contribution in [0.2, 0.25) is 5.02 Å². The van der Waals surface area contributed by atoms with Crippen molar-refractivity contribution in [3.63, 3.8) is 0 Å². The highest BCUT2D eigenvalue weighted by Gasteiger charge is 2.16. The molecule has 20 heavy (non-hydrogen) atoms. The van der Waals surface area contributed by atoms with Crippen molar-refractivity contribution >= 4 is 11.6 Å². The molecule has 0 saturated heterocycles. The van der Waals surface area contributed by atoms with Crippen LogP contribution in [0.5, 0.6) is 0 Å². The number of nitrogens with one attached hydrogen (secondary N) is 1. The van der Waals surface area contributed by atoms with Crippen LogP contribution in [0.4, 0.5) is 4.39 Å². The fraction of sp³-hybridized carbons (Fsp3) is 0.250. The maximum atomic E-state index is 13.5. The van der Waals surface area contributed by atoms with Crippen molar-refractivity contribution in [2.24, 2.45) is 5.84 Å². The Morgan fingerprint density at radius 2 is 1.85 bits per heavy atom. The van der Waals surface area contributed by atoms with Gasteiger partial charge in [0.05, 0.1) is 11.1 Å². The van der Waals surface area contributed by atoms with Gasteiger partial charge < -0.3 is 0 Å². The van der Waals surface area contributed by atoms with Crippen LogP contribution in [-0.4, -0.2) is 0 Å². The van der Waals surface area contributed by atoms with Crippen molar-refractivity contribution in [3.8, 4) is 0 Å². The first kappa shape index (κ1) is 15.0. The molecule has 0 heterocycles. The lowest BCUT2D eigenvalue weighted by Crippen LogP contribution is -2.30. The molecule has 0 radical (unpaired) electrons. The molecule has 2 aromatic rings. The summed E-state index contributed by atoms with van der Waals surface area (Å²) in [6.07, 6.45) is 1.47. The van der Waals surface area contributed by atoms with Gasteiger partial charge >= 0.3 is 0 Å². The lowest BCUT2D eigenvalue weighted by Gasteiger charge is -2.20. The van der Waals surface area contributed by atoms with Crippen molar-refractivity contribution < 1.29 is 4.39 Å². The van der Waals surface area contributed by atoms with Crippen molar-refractivity contribution in [3.05, 3.63) is 70.0 Å². The fourth-order valence-corrected chi connectivity index (χ4v) is 2.58. The monoisotopic (exact) mass is 292 g/mol. The second-order valence-electron chi connectivity index (χ2n) is 4.69. The van der Waals surface area contributed by atoms with E-state index >= 15 is 0 Å². The fourth-order valence-electron chi connectivity index (χ4n) is 2.38. The molecule has 0 aromatic heterocycles. The minimum atomic E-state index is -0.399. The Morgan fingerprint density at radius 1 is 1.15 bits per heavy atom. The zero-order chi connectivity index (χ0) is 14.5. The Bertz CT molecular complexity index is 586. The second kappa shape index (κ2) is 6.84. The van der Waals surface area contributed by atoms with Gasteiger partial charge in [0.25, 0.3) is 0 Å². The van der Waals surface area contributed by atoms with Crippen LogP contribution < -0.4 is 11.3 Å². The van der Waals surface area contributed by atoms with Gasteiger partial charge in [0.1, 0.15) is 5.82 Å². The summed E-state index contributed by atoms with van der Waals surface area (Å²) in [5.41, 5.74) is 5.91. The molecule has 0 aliphatic carbocycles. The number of nitrogens with two attached hydrogens (primary N) is 1. The van der Waals surface area contributed by atoms with Gasteiger partial charge in [-0.3, -0.25) is 11.3 Å². The molecule has 2 nitrogen and oxygen atoms in total. The van der Waals surface area contributed by atoms with E-state index in [9.17, 15) is 4.39 Å². The Morgan fingerprint density at radius 3 is 2.55 bits per heavy atom. The van der Waals surface area contributed by atoms with Gasteiger partial charge in [0.2, 0.25) is 0 Å². The molecule has 1 atom stereocenters. The summed E-state index contributed by atoms with van der Waals surface area (Å²) in [6, 6.07) is 12.8. The molecule has 2 aromatic carbocycles. The summed E-state index contributed by atoms with van der Waals surface area (Å²) in [4.78, 5) is 0. The normalized spacial score (nSPS) is 12.4. The predicted octanol–water partition coefficient (Wildman–Crippen LogP) is 3.79. The van der Waals surface area contributed by atoms with E-state index in [1.807, 2.05) is 24.3 Å². The summed E-state index contributed by atoms with van der Waals surface area (Å²) in [5, 5.41) is 0.168. The first-order chi connectivity index (χ1) is 9.67. The van der Waals surface area contributed by atoms with Crippen molar-refractivity contribution in [1.82, 2.24) is 5.43 Å². The molecular weight excluding hydrogens is 275 g/mol. The summed E-state index contributed by atoms with van der Waals surface area (Å²) in [5.74, 6) is 5.28. The maximum absolute atomic E-state index is 13.5. The highest BCUT2D eigenvalue weighted by Crippen LogP contribution is 2.27. The van der Waals surface area contributed by atoms with E-state index in [0.29, 0.717) is 6.42 Å². The van der Waals surface area contributed by atoms with E-state index in [1.54, 1.807) is 6.07 Å². The molecule has 0 bridgehead atoms. The van der Waals surface area contributed by atoms with Crippen LogP contribution in [0.25, 0.3) is 0 Å². The molecule has 0 saturated carbocycles. The molecular formula is C16H18ClFN2. The molecule has 4 heteroatoms. The van der Waals surface area contributed by atoms with E-state index < -0.39 is 5.82 Å². The minimum absolute atomic E-state index is 0.0922. The molecule has 1 unspecified atom stereocenters. The minimum Gasteiger partial charge on any atom is -0.271 e. The lowest BCUT2D eigenvalue weighted by molar-refractivity contribution is 0.545. The maximum Gasteiger partial charge on any atom is 0.142 e. The van der Waals surface area contributed by atoms with E-state index in [4.69, 9.17) is 17.4 Å². The molecule has 0 aliphatic rings. The van der Waals surface area contributed by atoms with Crippen LogP contribution in [-0.2, 0) is 12.8 Å². The van der Waals surface area contributed by atoms with Gasteiger partial charge in [-0.05, 0) is 35.6 Å². The third-order valence-corrected chi connectivity index (χ3v) is 3.89. The highest BCUT2D eigenvalue weighted by molar-refractivity contribution is 6.31. The molecule has 0 fully saturated rings. The second-order valence-corrected chi connectivity index (χ2v) is 5.07. The van der Waals surface area contributed by atoms with Crippen LogP contribution in [0.3, 0.4) is 0 Å². The molecule has 0 amide bonds. The quantitative estimate of drug-likeness (QED) is 0.650. The average Bonchev–Trinajstić information content (AvgIpc) is 2.49. The highest BCUT2D eigenvalue weighted by atomic mass is 35.5. The smallest absolute Gasteiger partial charge is 0.142 e. The molecule has 3 N–H and O–H groups in total. The third kappa shape index (κ3) is 3.18. The summed E-state index contributed by atoms with van der Waals surface area (Å²) in [6.45, 7) is 2.10. The SMILES string of the molecule is CCc1ccccc1C(Cc1cccc(F)c1Cl)NN. The molecule has 2 rings (SSSR count). The number of halogens is 2. The van der Waals surface area contributed by atoms with Gasteiger partial charge in [-0.25, -0.2) is 4.39 Å². The van der Waals surface area contributed by atoms with Crippen LogP contribution >= 0.6 is 11.6 Å². The molecule has 0 aliphatic heterocycles. The topological polar surface area (TPSA) is 38.0 Å². The van der Waals surface area contributed by atoms with Crippen molar-refractivity contribution in [2.45, 2.75) is 25.8 Å². The lowest BCUT2D eigenvalue weighted by atomic mass is 9.94. The van der Waals surface area contributed by atoms with Crippen LogP contribution in [0, 0.1) is 5.82 Å². The van der Waals surface area contributed by atoms with E-state index in [1.165, 1.54) is 11.6 Å². The largest absolute Gasteiger partial charge is 0.271 e. The number of rotatable bonds is 5. The first-order valence-electron chi connectivity index (χ1n) is 6.64. The van der Waals surface area contributed by atoms with Gasteiger partial charge in [-0.2, -0.15) is 0 Å². The predicted molar refractivity (Wildman–Crippen MR) is 81.0 cm³/mol. The zero-order valence-electron chi connectivity index (χ0n) is 11.4. The van der Waals surface area contributed by atoms with E-state index in [-0.39, 0.29) is 11.1 Å². The summed E-state index contributed by atoms with van der Waals surface area (Å²) in [7, 11) is 0.